The van der Waals surface area contributed by atoms with Gasteiger partial charge in [-0.2, -0.15) is 0 Å². The summed E-state index contributed by atoms with van der Waals surface area (Å²) in [6.07, 6.45) is 4.12. The van der Waals surface area contributed by atoms with Crippen molar-refractivity contribution in [2.75, 3.05) is 6.54 Å². The predicted octanol–water partition coefficient (Wildman–Crippen LogP) is 2.93. The summed E-state index contributed by atoms with van der Waals surface area (Å²) in [5.74, 6) is 1.01. The lowest BCUT2D eigenvalue weighted by molar-refractivity contribution is -0.0134. The fraction of sp³-hybridized carbons (Fsp3) is 0.625. The topological polar surface area (TPSA) is 46.2 Å². The van der Waals surface area contributed by atoms with Gasteiger partial charge in [-0.25, -0.2) is 4.39 Å². The van der Waals surface area contributed by atoms with Crippen LogP contribution in [0.4, 0.5) is 4.39 Å². The van der Waals surface area contributed by atoms with Gasteiger partial charge in [-0.15, -0.1) is 0 Å². The molecule has 3 N–H and O–H groups in total. The van der Waals surface area contributed by atoms with Crippen LogP contribution in [0.5, 0.6) is 0 Å². The Morgan fingerprint density at radius 1 is 1.47 bits per heavy atom. The van der Waals surface area contributed by atoms with Gasteiger partial charge >= 0.3 is 0 Å². The maximum Gasteiger partial charge on any atom is 0.123 e. The highest BCUT2D eigenvalue weighted by Gasteiger charge is 2.54. The number of nitrogens with two attached hydrogens (primary N) is 1. The molecule has 0 aliphatic heterocycles. The van der Waals surface area contributed by atoms with Crippen LogP contribution in [-0.2, 0) is 0 Å². The lowest BCUT2D eigenvalue weighted by atomic mass is 9.67. The maximum absolute atomic E-state index is 13.2. The summed E-state index contributed by atoms with van der Waals surface area (Å²) in [5, 5.41) is 10.9. The quantitative estimate of drug-likeness (QED) is 0.880. The molecule has 2 aliphatic carbocycles. The summed E-state index contributed by atoms with van der Waals surface area (Å²) < 4.78 is 13.2. The second-order valence-electron chi connectivity index (χ2n) is 6.42. The standard InChI is InChI=1S/C16H22FNO/c1-10-6-13(17)4-5-14(10)15(19)16(9-18)8-11-2-3-12(16)7-11/h4-6,11-12,15,19H,2-3,7-9,18H2,1H3. The molecule has 0 spiro atoms. The van der Waals surface area contributed by atoms with E-state index in [1.54, 1.807) is 6.07 Å². The van der Waals surface area contributed by atoms with E-state index in [0.29, 0.717) is 12.5 Å². The Morgan fingerprint density at radius 2 is 2.26 bits per heavy atom. The van der Waals surface area contributed by atoms with Crippen molar-refractivity contribution in [3.63, 3.8) is 0 Å². The summed E-state index contributed by atoms with van der Waals surface area (Å²) in [6.45, 7) is 2.38. The summed E-state index contributed by atoms with van der Waals surface area (Å²) in [7, 11) is 0. The molecule has 0 heterocycles. The third-order valence-electron chi connectivity index (χ3n) is 5.47. The first kappa shape index (κ1) is 13.1. The van der Waals surface area contributed by atoms with E-state index in [0.717, 1.165) is 23.5 Å². The van der Waals surface area contributed by atoms with Crippen molar-refractivity contribution in [2.45, 2.75) is 38.7 Å². The number of aliphatic hydroxyl groups excluding tert-OH is 1. The summed E-state index contributed by atoms with van der Waals surface area (Å²) in [5.41, 5.74) is 7.52. The average molecular weight is 263 g/mol. The lowest BCUT2D eigenvalue weighted by Crippen LogP contribution is -2.41. The summed E-state index contributed by atoms with van der Waals surface area (Å²) in [4.78, 5) is 0. The number of hydrogen-bond acceptors (Lipinski definition) is 2. The van der Waals surface area contributed by atoms with E-state index < -0.39 is 6.10 Å². The van der Waals surface area contributed by atoms with Crippen molar-refractivity contribution in [3.8, 4) is 0 Å². The van der Waals surface area contributed by atoms with Crippen LogP contribution < -0.4 is 5.73 Å². The average Bonchev–Trinajstić information content (AvgIpc) is 2.98. The first-order chi connectivity index (χ1) is 9.06. The highest BCUT2D eigenvalue weighted by atomic mass is 19.1. The molecular formula is C16H22FNO. The van der Waals surface area contributed by atoms with Crippen LogP contribution in [0.15, 0.2) is 18.2 Å². The van der Waals surface area contributed by atoms with E-state index in [4.69, 9.17) is 5.73 Å². The molecule has 19 heavy (non-hydrogen) atoms. The van der Waals surface area contributed by atoms with Crippen LogP contribution >= 0.6 is 0 Å². The van der Waals surface area contributed by atoms with E-state index in [-0.39, 0.29) is 11.2 Å². The van der Waals surface area contributed by atoms with Gasteiger partial charge in [0.15, 0.2) is 0 Å². The lowest BCUT2D eigenvalue weighted by Gasteiger charge is -2.41. The highest BCUT2D eigenvalue weighted by molar-refractivity contribution is 5.31. The van der Waals surface area contributed by atoms with Crippen LogP contribution in [0.3, 0.4) is 0 Å². The SMILES string of the molecule is Cc1cc(F)ccc1C(O)C1(CN)CC2CCC1C2. The second kappa shape index (κ2) is 4.57. The molecule has 3 rings (SSSR count). The van der Waals surface area contributed by atoms with Gasteiger partial charge in [-0.3, -0.25) is 0 Å². The van der Waals surface area contributed by atoms with E-state index in [1.807, 2.05) is 6.92 Å². The zero-order valence-corrected chi connectivity index (χ0v) is 11.4. The van der Waals surface area contributed by atoms with Gasteiger partial charge < -0.3 is 10.8 Å². The van der Waals surface area contributed by atoms with Gasteiger partial charge in [-0.05, 0) is 61.3 Å². The minimum Gasteiger partial charge on any atom is -0.388 e. The summed E-state index contributed by atoms with van der Waals surface area (Å²) >= 11 is 0. The fourth-order valence-electron chi connectivity index (χ4n) is 4.44. The number of aliphatic hydroxyl groups is 1. The Labute approximate surface area is 113 Å². The molecule has 4 unspecified atom stereocenters. The molecule has 3 heteroatoms. The van der Waals surface area contributed by atoms with E-state index >= 15 is 0 Å². The van der Waals surface area contributed by atoms with Crippen molar-refractivity contribution in [1.29, 1.82) is 0 Å². The number of hydrogen-bond donors (Lipinski definition) is 2. The largest absolute Gasteiger partial charge is 0.388 e. The molecule has 4 atom stereocenters. The molecule has 104 valence electrons. The molecule has 1 aromatic carbocycles. The van der Waals surface area contributed by atoms with Gasteiger partial charge in [0.1, 0.15) is 5.82 Å². The molecule has 2 bridgehead atoms. The second-order valence-corrected chi connectivity index (χ2v) is 6.42. The third-order valence-corrected chi connectivity index (χ3v) is 5.47. The Hall–Kier alpha value is -0.930. The normalized spacial score (nSPS) is 34.7. The molecule has 2 nitrogen and oxygen atoms in total. The molecule has 1 aromatic rings. The monoisotopic (exact) mass is 263 g/mol. The molecule has 0 amide bonds. The van der Waals surface area contributed by atoms with Crippen molar-refractivity contribution < 1.29 is 9.50 Å². The highest BCUT2D eigenvalue weighted by Crippen LogP contribution is 2.60. The van der Waals surface area contributed by atoms with Crippen LogP contribution in [0, 0.1) is 30.0 Å². The van der Waals surface area contributed by atoms with E-state index in [9.17, 15) is 9.50 Å². The van der Waals surface area contributed by atoms with Crippen molar-refractivity contribution in [1.82, 2.24) is 0 Å². The Morgan fingerprint density at radius 3 is 2.79 bits per heavy atom. The van der Waals surface area contributed by atoms with E-state index in [2.05, 4.69) is 0 Å². The molecule has 0 aromatic heterocycles. The zero-order valence-electron chi connectivity index (χ0n) is 11.4. The maximum atomic E-state index is 13.2. The molecule has 0 radical (unpaired) electrons. The minimum absolute atomic E-state index is 0.189. The molecule has 2 fully saturated rings. The minimum atomic E-state index is -0.562. The Balaban J connectivity index is 1.96. The number of rotatable bonds is 3. The van der Waals surface area contributed by atoms with E-state index in [1.165, 1.54) is 31.4 Å². The molecule has 2 aliphatic rings. The number of aryl methyl sites for hydroxylation is 1. The van der Waals surface area contributed by atoms with Gasteiger partial charge in [0, 0.05) is 12.0 Å². The third kappa shape index (κ3) is 1.91. The van der Waals surface area contributed by atoms with Crippen LogP contribution in [0.1, 0.15) is 42.9 Å². The number of fused-ring (bicyclic) bond motifs is 2. The summed E-state index contributed by atoms with van der Waals surface area (Å²) in [6, 6.07) is 4.65. The first-order valence-electron chi connectivity index (χ1n) is 7.21. The van der Waals surface area contributed by atoms with Crippen molar-refractivity contribution in [3.05, 3.63) is 35.1 Å². The van der Waals surface area contributed by atoms with Crippen molar-refractivity contribution >= 4 is 0 Å². The van der Waals surface area contributed by atoms with Crippen LogP contribution in [-0.4, -0.2) is 11.7 Å². The Kier molecular flexibility index (Phi) is 3.14. The van der Waals surface area contributed by atoms with Crippen molar-refractivity contribution in [2.24, 2.45) is 23.0 Å². The molecule has 0 saturated heterocycles. The van der Waals surface area contributed by atoms with Gasteiger partial charge in [-0.1, -0.05) is 12.5 Å². The van der Waals surface area contributed by atoms with Crippen LogP contribution in [0.25, 0.3) is 0 Å². The smallest absolute Gasteiger partial charge is 0.123 e. The molecular weight excluding hydrogens is 241 g/mol. The predicted molar refractivity (Wildman–Crippen MR) is 73.0 cm³/mol. The zero-order chi connectivity index (χ0) is 13.6. The van der Waals surface area contributed by atoms with Gasteiger partial charge in [0.25, 0.3) is 0 Å². The molecule has 2 saturated carbocycles. The fourth-order valence-corrected chi connectivity index (χ4v) is 4.44. The number of halogens is 1. The number of benzene rings is 1. The van der Waals surface area contributed by atoms with Crippen LogP contribution in [0.2, 0.25) is 0 Å². The van der Waals surface area contributed by atoms with Gasteiger partial charge in [0.2, 0.25) is 0 Å². The Bertz CT molecular complexity index is 490. The first-order valence-corrected chi connectivity index (χ1v) is 7.21. The van der Waals surface area contributed by atoms with Gasteiger partial charge in [0.05, 0.1) is 6.10 Å².